The maximum Gasteiger partial charge on any atom is 0.126 e. The summed E-state index contributed by atoms with van der Waals surface area (Å²) in [5, 5.41) is 0. The van der Waals surface area contributed by atoms with E-state index < -0.39 is 0 Å². The van der Waals surface area contributed by atoms with Gasteiger partial charge >= 0.3 is 0 Å². The molecular formula is C20H18FN3. The van der Waals surface area contributed by atoms with Crippen molar-refractivity contribution in [3.8, 4) is 0 Å². The van der Waals surface area contributed by atoms with Gasteiger partial charge in [0.25, 0.3) is 0 Å². The summed E-state index contributed by atoms with van der Waals surface area (Å²) in [6.45, 7) is 6.02. The maximum atomic E-state index is 14.0. The van der Waals surface area contributed by atoms with E-state index in [4.69, 9.17) is 4.99 Å². The van der Waals surface area contributed by atoms with Crippen molar-refractivity contribution >= 4 is 16.7 Å². The first-order valence-electron chi connectivity index (χ1n) is 8.04. The third-order valence-corrected chi connectivity index (χ3v) is 4.55. The summed E-state index contributed by atoms with van der Waals surface area (Å²) in [7, 11) is 0. The van der Waals surface area contributed by atoms with E-state index in [2.05, 4.69) is 23.8 Å². The van der Waals surface area contributed by atoms with Gasteiger partial charge in [-0.2, -0.15) is 0 Å². The molecule has 0 bridgehead atoms. The molecule has 2 heterocycles. The second-order valence-corrected chi connectivity index (χ2v) is 6.91. The van der Waals surface area contributed by atoms with E-state index in [1.54, 1.807) is 12.4 Å². The van der Waals surface area contributed by atoms with Gasteiger partial charge in [0.1, 0.15) is 5.82 Å². The molecule has 120 valence electrons. The molecule has 4 rings (SSSR count). The van der Waals surface area contributed by atoms with Crippen molar-refractivity contribution in [2.75, 3.05) is 0 Å². The topological polar surface area (TPSA) is 38.1 Å². The van der Waals surface area contributed by atoms with Crippen LogP contribution >= 0.6 is 0 Å². The average molecular weight is 319 g/mol. The lowest BCUT2D eigenvalue weighted by atomic mass is 9.82. The summed E-state index contributed by atoms with van der Waals surface area (Å²) < 4.78 is 14.0. The van der Waals surface area contributed by atoms with Crippen molar-refractivity contribution in [1.29, 1.82) is 0 Å². The molecule has 0 saturated carbocycles. The molecule has 24 heavy (non-hydrogen) atoms. The largest absolute Gasteiger partial charge is 0.278 e. The van der Waals surface area contributed by atoms with Crippen molar-refractivity contribution < 1.29 is 4.39 Å². The van der Waals surface area contributed by atoms with Crippen molar-refractivity contribution in [1.82, 2.24) is 9.97 Å². The number of halogens is 1. The molecule has 3 nitrogen and oxygen atoms in total. The van der Waals surface area contributed by atoms with Crippen LogP contribution in [0.25, 0.3) is 11.0 Å². The maximum absolute atomic E-state index is 14.0. The zero-order chi connectivity index (χ0) is 16.9. The van der Waals surface area contributed by atoms with Gasteiger partial charge in [-0.1, -0.05) is 6.07 Å². The molecule has 3 aromatic rings. The molecular weight excluding hydrogens is 301 g/mol. The van der Waals surface area contributed by atoms with Gasteiger partial charge in [-0.15, -0.1) is 0 Å². The van der Waals surface area contributed by atoms with Crippen LogP contribution in [-0.2, 0) is 6.42 Å². The Morgan fingerprint density at radius 3 is 2.54 bits per heavy atom. The quantitative estimate of drug-likeness (QED) is 0.672. The molecule has 4 heteroatoms. The molecule has 2 aromatic carbocycles. The highest BCUT2D eigenvalue weighted by Crippen LogP contribution is 2.32. The summed E-state index contributed by atoms with van der Waals surface area (Å²) in [6.07, 6.45) is 4.11. The lowest BCUT2D eigenvalue weighted by molar-refractivity contribution is 0.508. The Bertz CT molecular complexity index is 989. The van der Waals surface area contributed by atoms with Crippen molar-refractivity contribution in [2.24, 2.45) is 4.99 Å². The van der Waals surface area contributed by atoms with Gasteiger partial charge < -0.3 is 0 Å². The van der Waals surface area contributed by atoms with Crippen molar-refractivity contribution in [2.45, 2.75) is 32.7 Å². The van der Waals surface area contributed by atoms with E-state index in [9.17, 15) is 4.39 Å². The Balaban J connectivity index is 1.95. The molecule has 0 aliphatic carbocycles. The van der Waals surface area contributed by atoms with Crippen LogP contribution in [0.15, 0.2) is 47.7 Å². The van der Waals surface area contributed by atoms with E-state index in [-0.39, 0.29) is 11.4 Å². The van der Waals surface area contributed by atoms with E-state index in [1.807, 2.05) is 31.2 Å². The van der Waals surface area contributed by atoms with Crippen LogP contribution in [0.2, 0.25) is 0 Å². The molecule has 0 N–H and O–H groups in total. The fourth-order valence-corrected chi connectivity index (χ4v) is 3.34. The van der Waals surface area contributed by atoms with E-state index in [0.29, 0.717) is 5.56 Å². The van der Waals surface area contributed by atoms with Gasteiger partial charge in [0.15, 0.2) is 0 Å². The van der Waals surface area contributed by atoms with Gasteiger partial charge in [0.05, 0.1) is 22.3 Å². The first-order chi connectivity index (χ1) is 11.4. The fourth-order valence-electron chi connectivity index (χ4n) is 3.34. The predicted octanol–water partition coefficient (Wildman–Crippen LogP) is 4.25. The van der Waals surface area contributed by atoms with Gasteiger partial charge in [-0.3, -0.25) is 15.0 Å². The van der Waals surface area contributed by atoms with Crippen molar-refractivity contribution in [3.63, 3.8) is 0 Å². The molecule has 0 radical (unpaired) electrons. The molecule has 1 aliphatic rings. The number of rotatable bonds is 1. The van der Waals surface area contributed by atoms with Crippen LogP contribution in [0, 0.1) is 12.7 Å². The van der Waals surface area contributed by atoms with Crippen LogP contribution in [0.3, 0.4) is 0 Å². The molecule has 0 spiro atoms. The third-order valence-electron chi connectivity index (χ3n) is 4.55. The lowest BCUT2D eigenvalue weighted by Crippen LogP contribution is -2.30. The first kappa shape index (κ1) is 14.9. The molecule has 0 fully saturated rings. The van der Waals surface area contributed by atoms with E-state index in [1.165, 1.54) is 6.07 Å². The minimum absolute atomic E-state index is 0.157. The van der Waals surface area contributed by atoms with Crippen molar-refractivity contribution in [3.05, 3.63) is 70.8 Å². The standard InChI is InChI=1S/C20H18FN3/c1-12-15-11-20(2,3)24-19(14(15)5-6-16(12)21)13-4-7-17-18(10-13)23-9-8-22-17/h4-10H,11H2,1-3H3. The smallest absolute Gasteiger partial charge is 0.126 e. The molecule has 0 saturated heterocycles. The highest BCUT2D eigenvalue weighted by atomic mass is 19.1. The second-order valence-electron chi connectivity index (χ2n) is 6.91. The van der Waals surface area contributed by atoms with Crippen LogP contribution in [-0.4, -0.2) is 21.2 Å². The van der Waals surface area contributed by atoms with Crippen LogP contribution in [0.4, 0.5) is 4.39 Å². The fraction of sp³-hybridized carbons (Fsp3) is 0.250. The number of fused-ring (bicyclic) bond motifs is 2. The van der Waals surface area contributed by atoms with Gasteiger partial charge in [0, 0.05) is 23.5 Å². The number of hydrogen-bond donors (Lipinski definition) is 0. The normalized spacial score (nSPS) is 15.9. The molecule has 0 unspecified atom stereocenters. The van der Waals surface area contributed by atoms with E-state index in [0.717, 1.165) is 39.9 Å². The van der Waals surface area contributed by atoms with Gasteiger partial charge in [0.2, 0.25) is 0 Å². The molecule has 0 atom stereocenters. The zero-order valence-corrected chi connectivity index (χ0v) is 14.0. The van der Waals surface area contributed by atoms with Crippen LogP contribution < -0.4 is 0 Å². The highest BCUT2D eigenvalue weighted by molar-refractivity contribution is 6.15. The number of nitrogens with zero attached hydrogens (tertiary/aromatic N) is 3. The van der Waals surface area contributed by atoms with Crippen LogP contribution in [0.5, 0.6) is 0 Å². The Morgan fingerprint density at radius 2 is 1.75 bits per heavy atom. The zero-order valence-electron chi connectivity index (χ0n) is 14.0. The molecule has 1 aromatic heterocycles. The first-order valence-corrected chi connectivity index (χ1v) is 8.04. The molecule has 0 amide bonds. The van der Waals surface area contributed by atoms with Gasteiger partial charge in [-0.25, -0.2) is 4.39 Å². The summed E-state index contributed by atoms with van der Waals surface area (Å²) >= 11 is 0. The Hall–Kier alpha value is -2.62. The highest BCUT2D eigenvalue weighted by Gasteiger charge is 2.29. The Labute approximate surface area is 140 Å². The summed E-state index contributed by atoms with van der Waals surface area (Å²) in [5.41, 5.74) is 6.08. The number of benzene rings is 2. The monoisotopic (exact) mass is 319 g/mol. The summed E-state index contributed by atoms with van der Waals surface area (Å²) in [6, 6.07) is 9.35. The predicted molar refractivity (Wildman–Crippen MR) is 94.1 cm³/mol. The third kappa shape index (κ3) is 2.39. The number of aromatic nitrogens is 2. The summed E-state index contributed by atoms with van der Waals surface area (Å²) in [5.74, 6) is -0.157. The minimum atomic E-state index is -0.266. The molecule has 1 aliphatic heterocycles. The van der Waals surface area contributed by atoms with Crippen LogP contribution in [0.1, 0.15) is 36.1 Å². The number of aliphatic imine (C=N–C) groups is 1. The Morgan fingerprint density at radius 1 is 1.00 bits per heavy atom. The van der Waals surface area contributed by atoms with Gasteiger partial charge in [-0.05, 0) is 62.6 Å². The Kier molecular flexibility index (Phi) is 3.23. The minimum Gasteiger partial charge on any atom is -0.278 e. The average Bonchev–Trinajstić information content (AvgIpc) is 2.57. The lowest BCUT2D eigenvalue weighted by Gasteiger charge is -2.30. The van der Waals surface area contributed by atoms with E-state index >= 15 is 0 Å². The summed E-state index contributed by atoms with van der Waals surface area (Å²) in [4.78, 5) is 13.6. The SMILES string of the molecule is Cc1c(F)ccc2c1CC(C)(C)N=C2c1ccc2nccnc2c1. The number of hydrogen-bond acceptors (Lipinski definition) is 3. The second kappa shape index (κ2) is 5.20.